The van der Waals surface area contributed by atoms with Gasteiger partial charge in [0.05, 0.1) is 5.52 Å². The lowest BCUT2D eigenvalue weighted by Crippen LogP contribution is -2.58. The minimum Gasteiger partial charge on any atom is -0.333 e. The number of H-pyrrole nitrogens is 1. The molecule has 10 heteroatoms. The van der Waals surface area contributed by atoms with Gasteiger partial charge in [0.15, 0.2) is 5.82 Å². The van der Waals surface area contributed by atoms with Gasteiger partial charge in [0, 0.05) is 41.3 Å². The van der Waals surface area contributed by atoms with E-state index in [0.29, 0.717) is 40.7 Å². The molecule has 136 valence electrons. The Hall–Kier alpha value is -2.42. The molecule has 0 radical (unpaired) electrons. The maximum absolute atomic E-state index is 12.6. The molecule has 0 saturated carbocycles. The molecule has 1 aromatic carbocycles. The lowest BCUT2D eigenvalue weighted by atomic mass is 10.1. The zero-order valence-corrected chi connectivity index (χ0v) is 15.4. The molecule has 26 heavy (non-hydrogen) atoms. The van der Waals surface area contributed by atoms with E-state index in [0.717, 1.165) is 5.69 Å². The first-order valence-corrected chi connectivity index (χ1v) is 8.18. The zero-order chi connectivity index (χ0) is 17.6. The number of nitrogens with one attached hydrogen (secondary N) is 2. The third kappa shape index (κ3) is 3.44. The third-order valence-corrected chi connectivity index (χ3v) is 4.23. The summed E-state index contributed by atoms with van der Waals surface area (Å²) in [6, 6.07) is 7.11. The molecule has 0 atom stereocenters. The predicted octanol–water partition coefficient (Wildman–Crippen LogP) is 2.26. The quantitative estimate of drug-likeness (QED) is 0.628. The Morgan fingerprint density at radius 3 is 2.77 bits per heavy atom. The van der Waals surface area contributed by atoms with Crippen molar-refractivity contribution in [2.24, 2.45) is 5.73 Å². The van der Waals surface area contributed by atoms with Crippen molar-refractivity contribution in [3.8, 4) is 0 Å². The number of hydrogen-bond acceptors (Lipinski definition) is 6. The van der Waals surface area contributed by atoms with E-state index in [-0.39, 0.29) is 30.2 Å². The van der Waals surface area contributed by atoms with Gasteiger partial charge in [-0.15, -0.1) is 12.4 Å². The van der Waals surface area contributed by atoms with Gasteiger partial charge in [0.25, 0.3) is 5.91 Å². The number of aromatic amines is 1. The minimum atomic E-state index is -0.236. The van der Waals surface area contributed by atoms with Gasteiger partial charge in [-0.2, -0.15) is 5.10 Å². The molecule has 1 amide bonds. The van der Waals surface area contributed by atoms with Crippen LogP contribution >= 0.6 is 24.0 Å². The Morgan fingerprint density at radius 1 is 1.35 bits per heavy atom. The number of carbonyl (C=O) groups is 1. The molecule has 3 aromatic rings. The number of aromatic nitrogens is 4. The van der Waals surface area contributed by atoms with E-state index in [1.165, 1.54) is 0 Å². The van der Waals surface area contributed by atoms with Crippen molar-refractivity contribution < 1.29 is 4.79 Å². The smallest absolute Gasteiger partial charge is 0.291 e. The van der Waals surface area contributed by atoms with Crippen LogP contribution in [-0.4, -0.2) is 50.1 Å². The Labute approximate surface area is 160 Å². The molecule has 0 aliphatic carbocycles. The van der Waals surface area contributed by atoms with Crippen molar-refractivity contribution in [1.29, 1.82) is 0 Å². The Balaban J connectivity index is 0.00000196. The summed E-state index contributed by atoms with van der Waals surface area (Å²) in [7, 11) is 0. The van der Waals surface area contributed by atoms with Crippen LogP contribution in [0.25, 0.3) is 10.9 Å². The molecule has 2 aromatic heterocycles. The number of halogens is 2. The number of rotatable bonds is 3. The maximum atomic E-state index is 12.6. The topological polar surface area (TPSA) is 113 Å². The van der Waals surface area contributed by atoms with Gasteiger partial charge < -0.3 is 16.0 Å². The van der Waals surface area contributed by atoms with E-state index in [1.54, 1.807) is 23.1 Å². The second-order valence-electron chi connectivity index (χ2n) is 6.09. The lowest BCUT2D eigenvalue weighted by molar-refractivity contribution is 0.0596. The number of benzene rings is 1. The SMILES string of the molecule is Cc1cc(Nc2nc(C(=O)N3CC(N)C3)nc3ccc(Cl)cc23)n[nH]1.Cl. The van der Waals surface area contributed by atoms with Gasteiger partial charge in [-0.05, 0) is 25.1 Å². The highest BCUT2D eigenvalue weighted by Crippen LogP contribution is 2.27. The largest absolute Gasteiger partial charge is 0.333 e. The molecule has 8 nitrogen and oxygen atoms in total. The summed E-state index contributed by atoms with van der Waals surface area (Å²) in [5.74, 6) is 0.963. The molecule has 0 bridgehead atoms. The average molecular weight is 394 g/mol. The molecule has 1 aliphatic rings. The van der Waals surface area contributed by atoms with Crippen LogP contribution in [0.4, 0.5) is 11.6 Å². The standard InChI is InChI=1S/C16H16ClN7O.ClH/c1-8-4-13(23-22-8)20-14-11-5-9(17)2-3-12(11)19-15(21-14)16(25)24-6-10(18)7-24;/h2-5,10H,6-7,18H2,1H3,(H2,19,20,21,22,23);1H. The number of amides is 1. The van der Waals surface area contributed by atoms with E-state index in [2.05, 4.69) is 25.5 Å². The number of fused-ring (bicyclic) bond motifs is 1. The van der Waals surface area contributed by atoms with Crippen LogP contribution in [0.15, 0.2) is 24.3 Å². The monoisotopic (exact) mass is 393 g/mol. The fourth-order valence-corrected chi connectivity index (χ4v) is 2.89. The van der Waals surface area contributed by atoms with Crippen LogP contribution in [0, 0.1) is 6.92 Å². The molecular formula is C16H17Cl2N7O. The normalized spacial score (nSPS) is 14.0. The van der Waals surface area contributed by atoms with Crippen molar-refractivity contribution in [3.63, 3.8) is 0 Å². The van der Waals surface area contributed by atoms with Gasteiger partial charge in [-0.1, -0.05) is 11.6 Å². The number of likely N-dealkylation sites (tertiary alicyclic amines) is 1. The van der Waals surface area contributed by atoms with Crippen LogP contribution in [0.1, 0.15) is 16.3 Å². The molecule has 1 fully saturated rings. The first kappa shape index (κ1) is 18.4. The Bertz CT molecular complexity index is 968. The van der Waals surface area contributed by atoms with Crippen molar-refractivity contribution in [2.75, 3.05) is 18.4 Å². The van der Waals surface area contributed by atoms with Crippen LogP contribution in [-0.2, 0) is 0 Å². The van der Waals surface area contributed by atoms with Gasteiger partial charge in [0.2, 0.25) is 5.82 Å². The average Bonchev–Trinajstić information content (AvgIpc) is 2.96. The van der Waals surface area contributed by atoms with Crippen LogP contribution in [0.5, 0.6) is 0 Å². The van der Waals surface area contributed by atoms with Crippen molar-refractivity contribution in [1.82, 2.24) is 25.1 Å². The summed E-state index contributed by atoms with van der Waals surface area (Å²) in [6.07, 6.45) is 0. The zero-order valence-electron chi connectivity index (χ0n) is 13.9. The Morgan fingerprint density at radius 2 is 2.12 bits per heavy atom. The van der Waals surface area contributed by atoms with E-state index >= 15 is 0 Å². The summed E-state index contributed by atoms with van der Waals surface area (Å²) >= 11 is 6.10. The van der Waals surface area contributed by atoms with Gasteiger partial charge in [-0.25, -0.2) is 9.97 Å². The Kier molecular flexibility index (Phi) is 4.99. The molecule has 4 N–H and O–H groups in total. The van der Waals surface area contributed by atoms with Crippen LogP contribution < -0.4 is 11.1 Å². The first-order chi connectivity index (χ1) is 12.0. The number of hydrogen-bond donors (Lipinski definition) is 3. The van der Waals surface area contributed by atoms with Crippen molar-refractivity contribution in [2.45, 2.75) is 13.0 Å². The molecule has 0 spiro atoms. The number of nitrogens with zero attached hydrogens (tertiary/aromatic N) is 4. The predicted molar refractivity (Wildman–Crippen MR) is 102 cm³/mol. The van der Waals surface area contributed by atoms with Crippen molar-refractivity contribution in [3.05, 3.63) is 40.8 Å². The maximum Gasteiger partial charge on any atom is 0.291 e. The second kappa shape index (κ2) is 7.06. The summed E-state index contributed by atoms with van der Waals surface area (Å²) < 4.78 is 0. The minimum absolute atomic E-state index is 0. The van der Waals surface area contributed by atoms with Crippen LogP contribution in [0.3, 0.4) is 0 Å². The van der Waals surface area contributed by atoms with Gasteiger partial charge in [-0.3, -0.25) is 9.89 Å². The molecular weight excluding hydrogens is 377 g/mol. The van der Waals surface area contributed by atoms with Crippen LogP contribution in [0.2, 0.25) is 5.02 Å². The van der Waals surface area contributed by atoms with E-state index < -0.39 is 0 Å². The molecule has 3 heterocycles. The lowest BCUT2D eigenvalue weighted by Gasteiger charge is -2.36. The van der Waals surface area contributed by atoms with E-state index in [9.17, 15) is 4.79 Å². The van der Waals surface area contributed by atoms with E-state index in [1.807, 2.05) is 13.0 Å². The summed E-state index contributed by atoms with van der Waals surface area (Å²) in [5.41, 5.74) is 7.29. The molecule has 1 saturated heterocycles. The highest BCUT2D eigenvalue weighted by atomic mass is 35.5. The highest BCUT2D eigenvalue weighted by molar-refractivity contribution is 6.31. The highest BCUT2D eigenvalue weighted by Gasteiger charge is 2.30. The van der Waals surface area contributed by atoms with Gasteiger partial charge in [0.1, 0.15) is 5.82 Å². The molecule has 1 aliphatic heterocycles. The summed E-state index contributed by atoms with van der Waals surface area (Å²) in [6.45, 7) is 2.93. The fourth-order valence-electron chi connectivity index (χ4n) is 2.71. The number of aryl methyl sites for hydroxylation is 1. The third-order valence-electron chi connectivity index (χ3n) is 4.00. The number of anilines is 2. The number of carbonyl (C=O) groups excluding carboxylic acids is 1. The summed E-state index contributed by atoms with van der Waals surface area (Å²) in [5, 5.41) is 11.4. The van der Waals surface area contributed by atoms with Gasteiger partial charge >= 0.3 is 0 Å². The van der Waals surface area contributed by atoms with Crippen molar-refractivity contribution >= 4 is 52.5 Å². The first-order valence-electron chi connectivity index (χ1n) is 7.81. The number of nitrogens with two attached hydrogens (primary N) is 1. The van der Waals surface area contributed by atoms with E-state index in [4.69, 9.17) is 17.3 Å². The second-order valence-corrected chi connectivity index (χ2v) is 6.53. The summed E-state index contributed by atoms with van der Waals surface area (Å²) in [4.78, 5) is 23.0. The fraction of sp³-hybridized carbons (Fsp3) is 0.250. The molecule has 0 unspecified atom stereocenters. The molecule has 4 rings (SSSR count).